The third-order valence-electron chi connectivity index (χ3n) is 8.22. The molecule has 0 bridgehead atoms. The van der Waals surface area contributed by atoms with E-state index >= 15 is 0 Å². The van der Waals surface area contributed by atoms with Gasteiger partial charge in [0.1, 0.15) is 11.4 Å². The molecule has 1 atom stereocenters. The van der Waals surface area contributed by atoms with Gasteiger partial charge in [-0.15, -0.1) is 0 Å². The zero-order chi connectivity index (χ0) is 29.2. The second kappa shape index (κ2) is 11.9. The topological polar surface area (TPSA) is 88.1 Å². The van der Waals surface area contributed by atoms with Gasteiger partial charge >= 0.3 is 5.97 Å². The van der Waals surface area contributed by atoms with Gasteiger partial charge in [-0.3, -0.25) is 19.4 Å². The first-order valence-corrected chi connectivity index (χ1v) is 14.5. The number of rotatable bonds is 7. The maximum Gasteiger partial charge on any atom is 0.307 e. The van der Waals surface area contributed by atoms with E-state index in [1.54, 1.807) is 30.3 Å². The largest absolute Gasteiger partial charge is 0.469 e. The Morgan fingerprint density at radius 3 is 2.25 bits per heavy atom. The van der Waals surface area contributed by atoms with Crippen LogP contribution in [0.5, 0.6) is 0 Å². The van der Waals surface area contributed by atoms with Gasteiger partial charge in [0.05, 0.1) is 19.6 Å². The maximum atomic E-state index is 14.1. The van der Waals surface area contributed by atoms with E-state index in [0.717, 1.165) is 31.2 Å². The average Bonchev–Trinajstić information content (AvgIpc) is 3.18. The Hall–Kier alpha value is -2.90. The first kappa shape index (κ1) is 30.1. The van der Waals surface area contributed by atoms with E-state index in [1.165, 1.54) is 7.11 Å². The number of esters is 1. The first-order chi connectivity index (χ1) is 18.8. The van der Waals surface area contributed by atoms with Crippen LogP contribution in [0.25, 0.3) is 0 Å². The van der Waals surface area contributed by atoms with Crippen molar-refractivity contribution >= 4 is 46.7 Å². The molecular weight excluding hydrogens is 549 g/mol. The van der Waals surface area contributed by atoms with Gasteiger partial charge in [-0.1, -0.05) is 56.1 Å². The van der Waals surface area contributed by atoms with Crippen molar-refractivity contribution in [2.45, 2.75) is 71.5 Å². The van der Waals surface area contributed by atoms with E-state index in [1.807, 2.05) is 24.0 Å². The van der Waals surface area contributed by atoms with Crippen molar-refractivity contribution < 1.29 is 19.1 Å². The molecule has 0 saturated heterocycles. The number of benzene rings is 2. The van der Waals surface area contributed by atoms with Gasteiger partial charge in [0.25, 0.3) is 11.8 Å². The quantitative estimate of drug-likeness (QED) is 0.370. The monoisotopic (exact) mass is 585 g/mol. The normalized spacial score (nSPS) is 21.8. The number of hydrogen-bond acceptors (Lipinski definition) is 5. The number of hydrogen-bond donors (Lipinski definition) is 1. The molecule has 1 saturated carbocycles. The van der Waals surface area contributed by atoms with Crippen LogP contribution in [-0.2, 0) is 14.3 Å². The van der Waals surface area contributed by atoms with Crippen LogP contribution in [0, 0.1) is 11.3 Å². The first-order valence-electron chi connectivity index (χ1n) is 13.7. The zero-order valence-electron chi connectivity index (χ0n) is 23.7. The summed E-state index contributed by atoms with van der Waals surface area (Å²) < 4.78 is 4.61. The molecule has 4 rings (SSSR count). The summed E-state index contributed by atoms with van der Waals surface area (Å²) in [4.78, 5) is 45.0. The smallest absolute Gasteiger partial charge is 0.307 e. The average molecular weight is 587 g/mol. The second-order valence-electron chi connectivity index (χ2n) is 11.8. The highest BCUT2D eigenvalue weighted by molar-refractivity contribution is 6.47. The van der Waals surface area contributed by atoms with Gasteiger partial charge in [0.15, 0.2) is 0 Å². The molecule has 0 aromatic heterocycles. The number of methoxy groups -OCH3 is 1. The molecule has 7 nitrogen and oxygen atoms in total. The molecule has 9 heteroatoms. The summed E-state index contributed by atoms with van der Waals surface area (Å²) in [7, 11) is 1.31. The van der Waals surface area contributed by atoms with E-state index < -0.39 is 5.66 Å². The summed E-state index contributed by atoms with van der Waals surface area (Å²) >= 11 is 12.6. The number of halogens is 2. The Bertz CT molecular complexity index is 1290. The van der Waals surface area contributed by atoms with Crippen molar-refractivity contribution in [1.82, 2.24) is 10.2 Å². The summed E-state index contributed by atoms with van der Waals surface area (Å²) in [6.07, 6.45) is 3.58. The molecule has 214 valence electrons. The van der Waals surface area contributed by atoms with Crippen molar-refractivity contribution in [3.05, 3.63) is 69.2 Å². The number of aliphatic imine (C=N–C) groups is 1. The van der Waals surface area contributed by atoms with Crippen LogP contribution in [0.1, 0.15) is 87.3 Å². The van der Waals surface area contributed by atoms with Crippen LogP contribution in [-0.4, -0.2) is 47.7 Å². The number of carbonyl (C=O) groups excluding carboxylic acids is 3. The Morgan fingerprint density at radius 2 is 1.70 bits per heavy atom. The Morgan fingerprint density at radius 1 is 1.10 bits per heavy atom. The van der Waals surface area contributed by atoms with Gasteiger partial charge in [0, 0.05) is 27.7 Å². The maximum absolute atomic E-state index is 14.1. The number of nitrogens with one attached hydrogen (secondary N) is 1. The molecule has 2 aromatic carbocycles. The Labute approximate surface area is 246 Å². The fraction of sp³-hybridized carbons (Fsp3) is 0.484. The van der Waals surface area contributed by atoms with Crippen LogP contribution in [0.4, 0.5) is 0 Å². The van der Waals surface area contributed by atoms with Crippen LogP contribution >= 0.6 is 23.2 Å². The number of nitrogens with zero attached hydrogens (tertiary/aromatic N) is 2. The Balaban J connectivity index is 1.60. The molecule has 1 heterocycles. The van der Waals surface area contributed by atoms with Crippen molar-refractivity contribution in [3.63, 3.8) is 0 Å². The summed E-state index contributed by atoms with van der Waals surface area (Å²) in [6, 6.07) is 12.0. The fourth-order valence-electron chi connectivity index (χ4n) is 5.87. The van der Waals surface area contributed by atoms with Crippen molar-refractivity contribution in [3.8, 4) is 0 Å². The summed E-state index contributed by atoms with van der Waals surface area (Å²) in [5, 5.41) is 3.63. The standard InChI is InChI=1S/C31H37Cl2N3O4/c1-19(20-6-8-21(9-7-20)28(38)34-15-12-26(37)40-5)36-29(39)27(22-16-24(32)18-25(33)17-22)35-31(36)13-10-23(11-14-31)30(2,3)4/h6-9,16-19,23H,10-15H2,1-5H3,(H,34,38)/t19-,23?,31?/m1/s1. The predicted molar refractivity (Wildman–Crippen MR) is 158 cm³/mol. The fourth-order valence-corrected chi connectivity index (χ4v) is 6.40. The summed E-state index contributed by atoms with van der Waals surface area (Å²) in [5.74, 6) is -0.264. The molecule has 1 aliphatic carbocycles. The SMILES string of the molecule is COC(=O)CCNC(=O)c1ccc([C@@H](C)N2C(=O)C(c3cc(Cl)cc(Cl)c3)=NC23CCC(C(C)(C)C)CC3)cc1. The van der Waals surface area contributed by atoms with Gasteiger partial charge in [0.2, 0.25) is 0 Å². The zero-order valence-corrected chi connectivity index (χ0v) is 25.2. The van der Waals surface area contributed by atoms with Crippen molar-refractivity contribution in [2.75, 3.05) is 13.7 Å². The lowest BCUT2D eigenvalue weighted by molar-refractivity contribution is -0.140. The van der Waals surface area contributed by atoms with Crippen LogP contribution < -0.4 is 5.32 Å². The molecule has 0 radical (unpaired) electrons. The van der Waals surface area contributed by atoms with Gasteiger partial charge in [-0.2, -0.15) is 0 Å². The minimum absolute atomic E-state index is 0.104. The highest BCUT2D eigenvalue weighted by Crippen LogP contribution is 2.49. The van der Waals surface area contributed by atoms with Crippen LogP contribution in [0.15, 0.2) is 47.5 Å². The van der Waals surface area contributed by atoms with Gasteiger partial charge in [-0.25, -0.2) is 0 Å². The molecule has 2 amide bonds. The highest BCUT2D eigenvalue weighted by Gasteiger charge is 2.52. The molecule has 2 aliphatic rings. The molecule has 1 N–H and O–H groups in total. The lowest BCUT2D eigenvalue weighted by Crippen LogP contribution is -2.50. The summed E-state index contributed by atoms with van der Waals surface area (Å²) in [6.45, 7) is 9.00. The predicted octanol–water partition coefficient (Wildman–Crippen LogP) is 6.61. The third-order valence-corrected chi connectivity index (χ3v) is 8.66. The molecule has 1 spiro atoms. The lowest BCUT2D eigenvalue weighted by Gasteiger charge is -2.46. The molecule has 2 aromatic rings. The molecule has 0 unspecified atom stereocenters. The van der Waals surface area contributed by atoms with E-state index in [4.69, 9.17) is 28.2 Å². The van der Waals surface area contributed by atoms with Crippen LogP contribution in [0.2, 0.25) is 10.0 Å². The number of amides is 2. The highest BCUT2D eigenvalue weighted by atomic mass is 35.5. The van der Waals surface area contributed by atoms with Gasteiger partial charge < -0.3 is 15.0 Å². The van der Waals surface area contributed by atoms with E-state index in [-0.39, 0.29) is 42.2 Å². The number of ether oxygens (including phenoxy) is 1. The summed E-state index contributed by atoms with van der Waals surface area (Å²) in [5.41, 5.74) is 1.89. The van der Waals surface area contributed by atoms with Gasteiger partial charge in [-0.05, 0) is 79.8 Å². The molecule has 40 heavy (non-hydrogen) atoms. The third kappa shape index (κ3) is 6.36. The number of carbonyl (C=O) groups is 3. The molecular formula is C31H37Cl2N3O4. The molecule has 1 aliphatic heterocycles. The van der Waals surface area contributed by atoms with Crippen LogP contribution in [0.3, 0.4) is 0 Å². The minimum atomic E-state index is -0.660. The Kier molecular flexibility index (Phi) is 8.96. The van der Waals surface area contributed by atoms with Crippen molar-refractivity contribution in [2.24, 2.45) is 16.3 Å². The van der Waals surface area contributed by atoms with Crippen molar-refractivity contribution in [1.29, 1.82) is 0 Å². The molecule has 1 fully saturated rings. The van der Waals surface area contributed by atoms with E-state index in [9.17, 15) is 14.4 Å². The lowest BCUT2D eigenvalue weighted by atomic mass is 9.69. The second-order valence-corrected chi connectivity index (χ2v) is 12.7. The van der Waals surface area contributed by atoms with E-state index in [2.05, 4.69) is 30.8 Å². The van der Waals surface area contributed by atoms with E-state index in [0.29, 0.717) is 32.8 Å². The minimum Gasteiger partial charge on any atom is -0.469 e.